The predicted molar refractivity (Wildman–Crippen MR) is 106 cm³/mol. The molecule has 3 nitrogen and oxygen atoms in total. The summed E-state index contributed by atoms with van der Waals surface area (Å²) < 4.78 is 0. The summed E-state index contributed by atoms with van der Waals surface area (Å²) >= 11 is 0. The number of Topliss-reactive ketones (excluding diaryl/α,β-unsaturated/α-hetero) is 1. The number of carbonyl (C=O) groups is 1. The van der Waals surface area contributed by atoms with Gasteiger partial charge in [0.15, 0.2) is 0 Å². The molecule has 3 unspecified atom stereocenters. The van der Waals surface area contributed by atoms with Crippen molar-refractivity contribution in [3.8, 4) is 0 Å². The minimum Gasteiger partial charge on any atom is -0.369 e. The number of nitrogens with zero attached hydrogens (tertiary/aromatic N) is 1. The van der Waals surface area contributed by atoms with Gasteiger partial charge in [-0.1, -0.05) is 13.0 Å². The van der Waals surface area contributed by atoms with Crippen LogP contribution in [0.5, 0.6) is 0 Å². The number of hydrogen-bond acceptors (Lipinski definition) is 3. The highest BCUT2D eigenvalue weighted by Gasteiger charge is 2.54. The van der Waals surface area contributed by atoms with Crippen LogP contribution in [-0.2, 0) is 11.2 Å². The van der Waals surface area contributed by atoms with Crippen LogP contribution >= 0.6 is 0 Å². The van der Waals surface area contributed by atoms with Crippen LogP contribution in [0.25, 0.3) is 0 Å². The Labute approximate surface area is 157 Å². The van der Waals surface area contributed by atoms with E-state index in [1.807, 2.05) is 0 Å². The van der Waals surface area contributed by atoms with E-state index >= 15 is 0 Å². The number of carbonyl (C=O) groups excluding carboxylic acids is 1. The molecule has 0 aromatic heterocycles. The second kappa shape index (κ2) is 6.09. The Morgan fingerprint density at radius 1 is 1.12 bits per heavy atom. The molecule has 0 radical (unpaired) electrons. The van der Waals surface area contributed by atoms with Gasteiger partial charge in [0.05, 0.1) is 0 Å². The molecular formula is C23H32N2O. The fraction of sp³-hybridized carbons (Fsp3) is 0.696. The molecule has 26 heavy (non-hydrogen) atoms. The molecule has 5 rings (SSSR count). The van der Waals surface area contributed by atoms with Gasteiger partial charge in [0, 0.05) is 43.7 Å². The first-order valence-corrected chi connectivity index (χ1v) is 10.7. The molecule has 1 aromatic carbocycles. The average molecular weight is 353 g/mol. The Morgan fingerprint density at radius 3 is 2.73 bits per heavy atom. The van der Waals surface area contributed by atoms with Gasteiger partial charge in [-0.25, -0.2) is 0 Å². The fourth-order valence-corrected chi connectivity index (χ4v) is 6.75. The Hall–Kier alpha value is -1.35. The summed E-state index contributed by atoms with van der Waals surface area (Å²) in [5.41, 5.74) is 6.12. The van der Waals surface area contributed by atoms with E-state index in [1.54, 1.807) is 11.1 Å². The Kier molecular flexibility index (Phi) is 3.93. The minimum absolute atomic E-state index is 0.00919. The zero-order valence-corrected chi connectivity index (χ0v) is 16.3. The van der Waals surface area contributed by atoms with E-state index in [9.17, 15) is 4.79 Å². The molecule has 0 bridgehead atoms. The van der Waals surface area contributed by atoms with Gasteiger partial charge >= 0.3 is 0 Å². The Bertz CT molecular complexity index is 736. The molecule has 1 aromatic rings. The largest absolute Gasteiger partial charge is 0.369 e. The van der Waals surface area contributed by atoms with E-state index in [4.69, 9.17) is 0 Å². The van der Waals surface area contributed by atoms with Gasteiger partial charge in [-0.2, -0.15) is 0 Å². The third-order valence-corrected chi connectivity index (χ3v) is 8.21. The fourth-order valence-electron chi connectivity index (χ4n) is 6.75. The number of hydrogen-bond donors (Lipinski definition) is 1. The first-order valence-electron chi connectivity index (χ1n) is 10.7. The summed E-state index contributed by atoms with van der Waals surface area (Å²) in [6.45, 7) is 8.97. The van der Waals surface area contributed by atoms with Crippen LogP contribution in [0.15, 0.2) is 12.1 Å². The molecule has 3 fully saturated rings. The normalized spacial score (nSPS) is 36.5. The van der Waals surface area contributed by atoms with Crippen LogP contribution in [0.1, 0.15) is 61.6 Å². The SMILES string of the molecule is Cc1cc2c(cc1N1CCNCC1)C1CC[C@]3(C)C(=O)CCC3C1CC2. The number of nitrogens with one attached hydrogen (secondary N) is 1. The number of anilines is 1. The number of benzene rings is 1. The van der Waals surface area contributed by atoms with E-state index in [0.29, 0.717) is 17.6 Å². The van der Waals surface area contributed by atoms with Gasteiger partial charge in [-0.05, 0) is 79.5 Å². The summed E-state index contributed by atoms with van der Waals surface area (Å²) in [5, 5.41) is 3.47. The van der Waals surface area contributed by atoms with Gasteiger partial charge in [-0.3, -0.25) is 4.79 Å². The van der Waals surface area contributed by atoms with Crippen molar-refractivity contribution in [3.63, 3.8) is 0 Å². The van der Waals surface area contributed by atoms with Crippen molar-refractivity contribution in [3.05, 3.63) is 28.8 Å². The molecule has 1 aliphatic heterocycles. The van der Waals surface area contributed by atoms with Gasteiger partial charge in [0.25, 0.3) is 0 Å². The Balaban J connectivity index is 1.50. The van der Waals surface area contributed by atoms with Crippen molar-refractivity contribution >= 4 is 11.5 Å². The van der Waals surface area contributed by atoms with Crippen molar-refractivity contribution in [2.45, 2.75) is 58.3 Å². The van der Waals surface area contributed by atoms with Crippen molar-refractivity contribution in [2.24, 2.45) is 17.3 Å². The lowest BCUT2D eigenvalue weighted by molar-refractivity contribution is -0.129. The number of piperazine rings is 1. The zero-order valence-electron chi connectivity index (χ0n) is 16.3. The number of fused-ring (bicyclic) bond motifs is 5. The molecule has 4 atom stereocenters. The standard InChI is InChI=1S/C23H32N2O/c1-15-13-16-3-4-18-17(7-8-23(2)20(18)5-6-22(23)26)19(16)14-21(15)25-11-9-24-10-12-25/h13-14,17-18,20,24H,3-12H2,1-2H3/t17?,18?,20?,23-/m0/s1. The lowest BCUT2D eigenvalue weighted by Gasteiger charge is -2.48. The number of aryl methyl sites for hydroxylation is 2. The number of ketones is 1. The molecular weight excluding hydrogens is 320 g/mol. The number of rotatable bonds is 1. The van der Waals surface area contributed by atoms with Crippen LogP contribution in [0.3, 0.4) is 0 Å². The van der Waals surface area contributed by atoms with E-state index in [-0.39, 0.29) is 5.41 Å². The molecule has 4 aliphatic rings. The molecule has 3 heteroatoms. The van der Waals surface area contributed by atoms with Gasteiger partial charge in [0.1, 0.15) is 5.78 Å². The first-order chi connectivity index (χ1) is 12.6. The predicted octanol–water partition coefficient (Wildman–Crippen LogP) is 3.83. The lowest BCUT2D eigenvalue weighted by atomic mass is 9.55. The molecule has 2 saturated carbocycles. The molecule has 0 amide bonds. The van der Waals surface area contributed by atoms with E-state index in [1.165, 1.54) is 30.5 Å². The van der Waals surface area contributed by atoms with E-state index < -0.39 is 0 Å². The highest BCUT2D eigenvalue weighted by molar-refractivity contribution is 5.87. The molecule has 140 valence electrons. The second-order valence-electron chi connectivity index (χ2n) is 9.41. The maximum atomic E-state index is 12.5. The summed E-state index contributed by atoms with van der Waals surface area (Å²) in [6, 6.07) is 5.03. The maximum absolute atomic E-state index is 12.5. The lowest BCUT2D eigenvalue weighted by Crippen LogP contribution is -2.44. The summed E-state index contributed by atoms with van der Waals surface area (Å²) in [7, 11) is 0. The van der Waals surface area contributed by atoms with E-state index in [2.05, 4.69) is 36.2 Å². The molecule has 1 heterocycles. The van der Waals surface area contributed by atoms with Gasteiger partial charge < -0.3 is 10.2 Å². The maximum Gasteiger partial charge on any atom is 0.139 e. The van der Waals surface area contributed by atoms with Crippen LogP contribution in [0.4, 0.5) is 5.69 Å². The zero-order chi connectivity index (χ0) is 17.9. The molecule has 1 N–H and O–H groups in total. The summed E-state index contributed by atoms with van der Waals surface area (Å²) in [4.78, 5) is 15.1. The third kappa shape index (κ3) is 2.39. The van der Waals surface area contributed by atoms with Crippen molar-refractivity contribution in [1.82, 2.24) is 5.32 Å². The van der Waals surface area contributed by atoms with Crippen LogP contribution in [0, 0.1) is 24.2 Å². The van der Waals surface area contributed by atoms with Gasteiger partial charge in [0.2, 0.25) is 0 Å². The first kappa shape index (κ1) is 16.8. The van der Waals surface area contributed by atoms with Gasteiger partial charge in [-0.15, -0.1) is 0 Å². The Morgan fingerprint density at radius 2 is 1.92 bits per heavy atom. The van der Waals surface area contributed by atoms with Crippen molar-refractivity contribution in [1.29, 1.82) is 0 Å². The molecule has 1 saturated heterocycles. The van der Waals surface area contributed by atoms with Crippen LogP contribution < -0.4 is 10.2 Å². The van der Waals surface area contributed by atoms with Crippen LogP contribution in [-0.4, -0.2) is 32.0 Å². The average Bonchev–Trinajstić information content (AvgIpc) is 2.96. The van der Waals surface area contributed by atoms with Crippen LogP contribution in [0.2, 0.25) is 0 Å². The van der Waals surface area contributed by atoms with Crippen molar-refractivity contribution < 1.29 is 4.79 Å². The molecule has 0 spiro atoms. The highest BCUT2D eigenvalue weighted by Crippen LogP contribution is 2.59. The topological polar surface area (TPSA) is 32.3 Å². The highest BCUT2D eigenvalue weighted by atomic mass is 16.1. The smallest absolute Gasteiger partial charge is 0.139 e. The van der Waals surface area contributed by atoms with E-state index in [0.717, 1.165) is 51.4 Å². The monoisotopic (exact) mass is 352 g/mol. The third-order valence-electron chi connectivity index (χ3n) is 8.21. The summed E-state index contributed by atoms with van der Waals surface area (Å²) in [6.07, 6.45) is 6.78. The molecule has 3 aliphatic carbocycles. The van der Waals surface area contributed by atoms with Crippen molar-refractivity contribution in [2.75, 3.05) is 31.1 Å². The quantitative estimate of drug-likeness (QED) is 0.834. The second-order valence-corrected chi connectivity index (χ2v) is 9.41. The minimum atomic E-state index is -0.00919. The summed E-state index contributed by atoms with van der Waals surface area (Å²) in [5.74, 6) is 2.60.